The van der Waals surface area contributed by atoms with Crippen LogP contribution in [0.2, 0.25) is 0 Å². The number of fused-ring (bicyclic) bond motifs is 1. The summed E-state index contributed by atoms with van der Waals surface area (Å²) in [5.74, 6) is -0.551. The molecule has 0 saturated carbocycles. The first-order valence-electron chi connectivity index (χ1n) is 10.8. The van der Waals surface area contributed by atoms with Crippen LogP contribution in [0.25, 0.3) is 0 Å². The fraction of sp³-hybridized carbons (Fsp3) is 0.650. The number of rotatable bonds is 5. The summed E-state index contributed by atoms with van der Waals surface area (Å²) < 4.78 is 38.7. The first kappa shape index (κ1) is 23.5. The number of carbonyl (C=O) groups is 3. The number of hydrogen-bond acceptors (Lipinski definition) is 6. The standard InChI is InChI=1S/C20H24ClF3N6O3/c21-5-10-30-17(32)14-11-13(4-9-29(14)19(30)33)26-16(31)12-2-7-28(8-3-12)18-25-6-1-15(27-18)20(22,23)24/h1,6,12-14H,2-5,7-11H2,(H,26,31)/t13-,14+/m1/s1. The molecule has 3 saturated heterocycles. The van der Waals surface area contributed by atoms with Crippen molar-refractivity contribution in [2.75, 3.05) is 37.0 Å². The van der Waals surface area contributed by atoms with Gasteiger partial charge in [-0.25, -0.2) is 14.8 Å². The van der Waals surface area contributed by atoms with Crippen molar-refractivity contribution in [2.45, 2.75) is 43.9 Å². The van der Waals surface area contributed by atoms with E-state index in [0.717, 1.165) is 17.2 Å². The summed E-state index contributed by atoms with van der Waals surface area (Å²) in [6.45, 7) is 1.27. The quantitative estimate of drug-likeness (QED) is 0.502. The highest BCUT2D eigenvalue weighted by atomic mass is 35.5. The monoisotopic (exact) mass is 488 g/mol. The molecule has 4 amide bonds. The van der Waals surface area contributed by atoms with Gasteiger partial charge in [-0.1, -0.05) is 0 Å². The van der Waals surface area contributed by atoms with Gasteiger partial charge in [0.1, 0.15) is 11.7 Å². The number of imide groups is 1. The van der Waals surface area contributed by atoms with E-state index in [1.54, 1.807) is 4.90 Å². The van der Waals surface area contributed by atoms with Crippen molar-refractivity contribution in [3.05, 3.63) is 18.0 Å². The van der Waals surface area contributed by atoms with Crippen molar-refractivity contribution < 1.29 is 27.6 Å². The minimum Gasteiger partial charge on any atom is -0.353 e. The summed E-state index contributed by atoms with van der Waals surface area (Å²) in [6.07, 6.45) is -1.65. The van der Waals surface area contributed by atoms with Crippen LogP contribution in [0.5, 0.6) is 0 Å². The van der Waals surface area contributed by atoms with Gasteiger partial charge in [0.05, 0.1) is 0 Å². The lowest BCUT2D eigenvalue weighted by atomic mass is 9.93. The Morgan fingerprint density at radius 2 is 1.91 bits per heavy atom. The normalized spacial score (nSPS) is 24.3. The van der Waals surface area contributed by atoms with Crippen molar-refractivity contribution in [2.24, 2.45) is 5.92 Å². The number of alkyl halides is 4. The number of hydrogen-bond donors (Lipinski definition) is 1. The van der Waals surface area contributed by atoms with Crippen LogP contribution >= 0.6 is 11.6 Å². The summed E-state index contributed by atoms with van der Waals surface area (Å²) in [4.78, 5) is 49.6. The maximum Gasteiger partial charge on any atom is 0.433 e. The zero-order valence-electron chi connectivity index (χ0n) is 17.7. The Kier molecular flexibility index (Phi) is 6.64. The molecular weight excluding hydrogens is 465 g/mol. The molecule has 9 nitrogen and oxygen atoms in total. The average molecular weight is 489 g/mol. The first-order valence-corrected chi connectivity index (χ1v) is 11.4. The van der Waals surface area contributed by atoms with Crippen molar-refractivity contribution in [1.29, 1.82) is 0 Å². The maximum absolute atomic E-state index is 12.9. The molecule has 4 heterocycles. The number of nitrogens with zero attached hydrogens (tertiary/aromatic N) is 5. The van der Waals surface area contributed by atoms with Gasteiger partial charge in [-0.3, -0.25) is 14.5 Å². The summed E-state index contributed by atoms with van der Waals surface area (Å²) in [5, 5.41) is 2.99. The predicted molar refractivity (Wildman–Crippen MR) is 111 cm³/mol. The molecule has 1 N–H and O–H groups in total. The van der Waals surface area contributed by atoms with Crippen LogP contribution in [-0.2, 0) is 15.8 Å². The van der Waals surface area contributed by atoms with E-state index in [2.05, 4.69) is 15.3 Å². The van der Waals surface area contributed by atoms with Gasteiger partial charge >= 0.3 is 12.2 Å². The van der Waals surface area contributed by atoms with Crippen molar-refractivity contribution in [3.8, 4) is 0 Å². The van der Waals surface area contributed by atoms with Crippen LogP contribution in [0.1, 0.15) is 31.4 Å². The van der Waals surface area contributed by atoms with Crippen LogP contribution in [0.4, 0.5) is 23.9 Å². The zero-order chi connectivity index (χ0) is 23.8. The molecule has 13 heteroatoms. The second kappa shape index (κ2) is 9.32. The Morgan fingerprint density at radius 1 is 1.18 bits per heavy atom. The van der Waals surface area contributed by atoms with E-state index < -0.39 is 17.9 Å². The SMILES string of the molecule is O=C(N[C@@H]1CCN2C(=O)N(CCCl)C(=O)[C@@H]2C1)C1CCN(c2nccc(C(F)(F)F)n2)CC1. The number of piperidine rings is 2. The summed E-state index contributed by atoms with van der Waals surface area (Å²) in [7, 11) is 0. The largest absolute Gasteiger partial charge is 0.433 e. The molecule has 0 aromatic carbocycles. The minimum absolute atomic E-state index is 0.00182. The Bertz CT molecular complexity index is 925. The molecule has 4 rings (SSSR count). The molecule has 2 atom stereocenters. The van der Waals surface area contributed by atoms with Gasteiger partial charge in [-0.2, -0.15) is 13.2 Å². The molecule has 0 aliphatic carbocycles. The van der Waals surface area contributed by atoms with Crippen LogP contribution in [0.15, 0.2) is 12.3 Å². The zero-order valence-corrected chi connectivity index (χ0v) is 18.5. The summed E-state index contributed by atoms with van der Waals surface area (Å²) in [6, 6.07) is -0.317. The van der Waals surface area contributed by atoms with Gasteiger partial charge in [0.2, 0.25) is 11.9 Å². The molecule has 1 aromatic rings. The Balaban J connectivity index is 1.30. The third kappa shape index (κ3) is 4.85. The number of anilines is 1. The number of urea groups is 1. The van der Waals surface area contributed by atoms with E-state index in [1.807, 2.05) is 0 Å². The third-order valence-electron chi connectivity index (χ3n) is 6.37. The highest BCUT2D eigenvalue weighted by molar-refractivity contribution is 6.18. The maximum atomic E-state index is 12.9. The van der Waals surface area contributed by atoms with Gasteiger partial charge in [0.25, 0.3) is 5.91 Å². The minimum atomic E-state index is -4.54. The fourth-order valence-electron chi connectivity index (χ4n) is 4.60. The Hall–Kier alpha value is -2.63. The Morgan fingerprint density at radius 3 is 2.58 bits per heavy atom. The molecule has 1 aromatic heterocycles. The molecule has 3 aliphatic heterocycles. The van der Waals surface area contributed by atoms with Crippen LogP contribution in [0.3, 0.4) is 0 Å². The van der Waals surface area contributed by atoms with E-state index in [-0.39, 0.29) is 48.2 Å². The van der Waals surface area contributed by atoms with Crippen LogP contribution in [-0.4, -0.2) is 81.8 Å². The highest BCUT2D eigenvalue weighted by Crippen LogP contribution is 2.30. The van der Waals surface area contributed by atoms with Gasteiger partial charge < -0.3 is 15.1 Å². The first-order chi connectivity index (χ1) is 15.7. The van der Waals surface area contributed by atoms with Crippen LogP contribution in [0, 0.1) is 5.92 Å². The molecular formula is C20H24ClF3N6O3. The van der Waals surface area contributed by atoms with Crippen molar-refractivity contribution in [3.63, 3.8) is 0 Å². The smallest absolute Gasteiger partial charge is 0.353 e. The molecule has 0 spiro atoms. The van der Waals surface area contributed by atoms with Gasteiger partial charge in [-0.15, -0.1) is 11.6 Å². The number of amides is 4. The lowest BCUT2D eigenvalue weighted by Crippen LogP contribution is -2.51. The van der Waals surface area contributed by atoms with Crippen molar-refractivity contribution in [1.82, 2.24) is 25.1 Å². The van der Waals surface area contributed by atoms with E-state index in [4.69, 9.17) is 11.6 Å². The number of aromatic nitrogens is 2. The van der Waals surface area contributed by atoms with E-state index in [1.165, 1.54) is 4.90 Å². The van der Waals surface area contributed by atoms with E-state index >= 15 is 0 Å². The molecule has 3 fully saturated rings. The molecule has 0 bridgehead atoms. The highest BCUT2D eigenvalue weighted by Gasteiger charge is 2.48. The van der Waals surface area contributed by atoms with Gasteiger partial charge in [-0.05, 0) is 31.7 Å². The van der Waals surface area contributed by atoms with Crippen LogP contribution < -0.4 is 10.2 Å². The average Bonchev–Trinajstić information content (AvgIpc) is 3.03. The third-order valence-corrected chi connectivity index (χ3v) is 6.54. The predicted octanol–water partition coefficient (Wildman–Crippen LogP) is 1.86. The topological polar surface area (TPSA) is 98.7 Å². The molecule has 0 radical (unpaired) electrons. The molecule has 33 heavy (non-hydrogen) atoms. The van der Waals surface area contributed by atoms with Crippen molar-refractivity contribution >= 4 is 35.4 Å². The lowest BCUT2D eigenvalue weighted by Gasteiger charge is -2.35. The van der Waals surface area contributed by atoms with E-state index in [0.29, 0.717) is 45.3 Å². The molecule has 3 aliphatic rings. The van der Waals surface area contributed by atoms with E-state index in [9.17, 15) is 27.6 Å². The fourth-order valence-corrected chi connectivity index (χ4v) is 4.77. The summed E-state index contributed by atoms with van der Waals surface area (Å²) >= 11 is 5.69. The lowest BCUT2D eigenvalue weighted by molar-refractivity contribution is -0.141. The number of nitrogens with one attached hydrogen (secondary N) is 1. The Labute approximate surface area is 193 Å². The summed E-state index contributed by atoms with van der Waals surface area (Å²) in [5.41, 5.74) is -0.997. The van der Waals surface area contributed by atoms with Gasteiger partial charge in [0.15, 0.2) is 0 Å². The number of halogens is 4. The number of carbonyl (C=O) groups excluding carboxylic acids is 3. The second-order valence-electron chi connectivity index (χ2n) is 8.40. The molecule has 0 unspecified atom stereocenters. The molecule has 180 valence electrons. The van der Waals surface area contributed by atoms with Gasteiger partial charge in [0, 0.05) is 50.2 Å². The second-order valence-corrected chi connectivity index (χ2v) is 8.78.